The van der Waals surface area contributed by atoms with E-state index in [9.17, 15) is 4.79 Å². The fourth-order valence-corrected chi connectivity index (χ4v) is 1.49. The molecule has 0 spiro atoms. The van der Waals surface area contributed by atoms with E-state index < -0.39 is 0 Å². The molecule has 0 aliphatic heterocycles. The normalized spacial score (nSPS) is 10.0. The first-order chi connectivity index (χ1) is 7.22. The van der Waals surface area contributed by atoms with Gasteiger partial charge in [0, 0.05) is 13.0 Å². The van der Waals surface area contributed by atoms with Gasteiger partial charge in [0.25, 0.3) is 0 Å². The van der Waals surface area contributed by atoms with Gasteiger partial charge in [0.05, 0.1) is 0 Å². The molecule has 2 nitrogen and oxygen atoms in total. The number of amides is 1. The average Bonchev–Trinajstić information content (AvgIpc) is 2.21. The molecule has 82 valence electrons. The second-order valence-corrected chi connectivity index (χ2v) is 4.01. The first kappa shape index (κ1) is 12.1. The molecule has 0 unspecified atom stereocenters. The Hall–Kier alpha value is -0.960. The van der Waals surface area contributed by atoms with E-state index in [1.807, 2.05) is 0 Å². The van der Waals surface area contributed by atoms with Gasteiger partial charge in [0.2, 0.25) is 5.91 Å². The topological polar surface area (TPSA) is 29.1 Å². The fraction of sp³-hybridized carbons (Fsp3) is 0.417. The van der Waals surface area contributed by atoms with Gasteiger partial charge in [-0.3, -0.25) is 4.79 Å². The van der Waals surface area contributed by atoms with Crippen LogP contribution >= 0.6 is 12.6 Å². The van der Waals surface area contributed by atoms with E-state index in [1.54, 1.807) is 0 Å². The standard InChI is InChI=1S/C12H17NOS/c1-10-2-4-11(5-3-10)6-8-13-12(14)7-9-15/h2-5,15H,6-9H2,1H3,(H,13,14). The molecule has 0 aromatic heterocycles. The lowest BCUT2D eigenvalue weighted by Gasteiger charge is -2.04. The molecule has 0 heterocycles. The van der Waals surface area contributed by atoms with Crippen LogP contribution in [-0.2, 0) is 11.2 Å². The molecule has 0 saturated carbocycles. The number of benzene rings is 1. The molecule has 0 aliphatic carbocycles. The second-order valence-electron chi connectivity index (χ2n) is 3.56. The Kier molecular flexibility index (Phi) is 5.26. The van der Waals surface area contributed by atoms with E-state index in [1.165, 1.54) is 11.1 Å². The number of thiol groups is 1. The molecule has 1 aromatic carbocycles. The molecule has 1 aromatic rings. The maximum Gasteiger partial charge on any atom is 0.220 e. The Morgan fingerprint density at radius 2 is 2.00 bits per heavy atom. The number of nitrogens with one attached hydrogen (secondary N) is 1. The maximum absolute atomic E-state index is 11.1. The van der Waals surface area contributed by atoms with Crippen molar-refractivity contribution in [3.05, 3.63) is 35.4 Å². The Balaban J connectivity index is 2.26. The van der Waals surface area contributed by atoms with Crippen LogP contribution in [0.4, 0.5) is 0 Å². The van der Waals surface area contributed by atoms with Gasteiger partial charge in [-0.15, -0.1) is 0 Å². The highest BCUT2D eigenvalue weighted by Crippen LogP contribution is 2.03. The predicted octanol–water partition coefficient (Wildman–Crippen LogP) is 1.97. The van der Waals surface area contributed by atoms with Crippen molar-refractivity contribution in [3.63, 3.8) is 0 Å². The van der Waals surface area contributed by atoms with E-state index in [4.69, 9.17) is 0 Å². The summed E-state index contributed by atoms with van der Waals surface area (Å²) in [5.41, 5.74) is 2.52. The first-order valence-corrected chi connectivity index (χ1v) is 5.78. The van der Waals surface area contributed by atoms with E-state index in [0.717, 1.165) is 6.42 Å². The second kappa shape index (κ2) is 6.51. The van der Waals surface area contributed by atoms with Crippen molar-refractivity contribution in [2.75, 3.05) is 12.3 Å². The van der Waals surface area contributed by atoms with Gasteiger partial charge in [0.1, 0.15) is 0 Å². The molecular weight excluding hydrogens is 206 g/mol. The summed E-state index contributed by atoms with van der Waals surface area (Å²) in [5.74, 6) is 0.688. The van der Waals surface area contributed by atoms with Gasteiger partial charge in [-0.1, -0.05) is 29.8 Å². The Bertz CT molecular complexity index is 308. The third kappa shape index (κ3) is 4.88. The zero-order valence-corrected chi connectivity index (χ0v) is 9.89. The van der Waals surface area contributed by atoms with Gasteiger partial charge < -0.3 is 5.32 Å². The molecule has 15 heavy (non-hydrogen) atoms. The van der Waals surface area contributed by atoms with Crippen molar-refractivity contribution < 1.29 is 4.79 Å². The highest BCUT2D eigenvalue weighted by atomic mass is 32.1. The van der Waals surface area contributed by atoms with Crippen LogP contribution in [0, 0.1) is 6.92 Å². The summed E-state index contributed by atoms with van der Waals surface area (Å²) in [5, 5.41) is 2.86. The monoisotopic (exact) mass is 223 g/mol. The fourth-order valence-electron chi connectivity index (χ4n) is 1.29. The van der Waals surface area contributed by atoms with Crippen molar-refractivity contribution >= 4 is 18.5 Å². The molecule has 3 heteroatoms. The van der Waals surface area contributed by atoms with Crippen molar-refractivity contribution in [3.8, 4) is 0 Å². The van der Waals surface area contributed by atoms with E-state index in [0.29, 0.717) is 18.7 Å². The van der Waals surface area contributed by atoms with Gasteiger partial charge in [-0.25, -0.2) is 0 Å². The zero-order valence-electron chi connectivity index (χ0n) is 8.99. The zero-order chi connectivity index (χ0) is 11.1. The summed E-state index contributed by atoms with van der Waals surface area (Å²) in [6.45, 7) is 2.77. The summed E-state index contributed by atoms with van der Waals surface area (Å²) in [4.78, 5) is 11.1. The summed E-state index contributed by atoms with van der Waals surface area (Å²) >= 11 is 4.00. The van der Waals surface area contributed by atoms with Crippen LogP contribution in [0.25, 0.3) is 0 Å². The van der Waals surface area contributed by atoms with Crippen LogP contribution in [0.1, 0.15) is 17.5 Å². The third-order valence-electron chi connectivity index (χ3n) is 2.20. The van der Waals surface area contributed by atoms with E-state index in [2.05, 4.69) is 49.1 Å². The summed E-state index contributed by atoms with van der Waals surface area (Å²) in [6, 6.07) is 8.37. The molecule has 0 radical (unpaired) electrons. The molecule has 1 rings (SSSR count). The number of rotatable bonds is 5. The van der Waals surface area contributed by atoms with Crippen LogP contribution in [0.15, 0.2) is 24.3 Å². The summed E-state index contributed by atoms with van der Waals surface area (Å²) in [6.07, 6.45) is 1.38. The van der Waals surface area contributed by atoms with E-state index in [-0.39, 0.29) is 5.91 Å². The Labute approximate surface area is 96.5 Å². The van der Waals surface area contributed by atoms with Crippen LogP contribution in [0.5, 0.6) is 0 Å². The van der Waals surface area contributed by atoms with E-state index >= 15 is 0 Å². The van der Waals surface area contributed by atoms with Crippen molar-refractivity contribution in [2.45, 2.75) is 19.8 Å². The lowest BCUT2D eigenvalue weighted by Crippen LogP contribution is -2.25. The number of aryl methyl sites for hydroxylation is 1. The molecule has 1 amide bonds. The lowest BCUT2D eigenvalue weighted by atomic mass is 10.1. The molecule has 1 N–H and O–H groups in total. The molecular formula is C12H17NOS. The number of carbonyl (C=O) groups excluding carboxylic acids is 1. The lowest BCUT2D eigenvalue weighted by molar-refractivity contribution is -0.120. The molecule has 0 saturated heterocycles. The van der Waals surface area contributed by atoms with Gasteiger partial charge in [-0.2, -0.15) is 12.6 Å². The molecule has 0 atom stereocenters. The van der Waals surface area contributed by atoms with Crippen LogP contribution in [-0.4, -0.2) is 18.2 Å². The smallest absolute Gasteiger partial charge is 0.220 e. The largest absolute Gasteiger partial charge is 0.356 e. The Morgan fingerprint density at radius 1 is 1.33 bits per heavy atom. The average molecular weight is 223 g/mol. The minimum absolute atomic E-state index is 0.0807. The minimum atomic E-state index is 0.0807. The minimum Gasteiger partial charge on any atom is -0.356 e. The summed E-state index contributed by atoms with van der Waals surface area (Å²) < 4.78 is 0. The number of hydrogen-bond donors (Lipinski definition) is 2. The highest BCUT2D eigenvalue weighted by molar-refractivity contribution is 7.80. The molecule has 0 fully saturated rings. The van der Waals surface area contributed by atoms with Crippen molar-refractivity contribution in [1.29, 1.82) is 0 Å². The van der Waals surface area contributed by atoms with Crippen molar-refractivity contribution in [1.82, 2.24) is 5.32 Å². The maximum atomic E-state index is 11.1. The van der Waals surface area contributed by atoms with Crippen LogP contribution in [0.2, 0.25) is 0 Å². The quantitative estimate of drug-likeness (QED) is 0.734. The number of hydrogen-bond acceptors (Lipinski definition) is 2. The summed E-state index contributed by atoms with van der Waals surface area (Å²) in [7, 11) is 0. The predicted molar refractivity (Wildman–Crippen MR) is 66.4 cm³/mol. The van der Waals surface area contributed by atoms with Gasteiger partial charge in [0.15, 0.2) is 0 Å². The highest BCUT2D eigenvalue weighted by Gasteiger charge is 1.98. The van der Waals surface area contributed by atoms with Crippen LogP contribution in [0.3, 0.4) is 0 Å². The Morgan fingerprint density at radius 3 is 2.60 bits per heavy atom. The SMILES string of the molecule is Cc1ccc(CCNC(=O)CCS)cc1. The molecule has 0 aliphatic rings. The third-order valence-corrected chi connectivity index (χ3v) is 2.42. The van der Waals surface area contributed by atoms with Crippen LogP contribution < -0.4 is 5.32 Å². The molecule has 0 bridgehead atoms. The van der Waals surface area contributed by atoms with Crippen molar-refractivity contribution in [2.24, 2.45) is 0 Å². The van der Waals surface area contributed by atoms with Gasteiger partial charge in [-0.05, 0) is 24.7 Å². The number of carbonyl (C=O) groups is 1. The van der Waals surface area contributed by atoms with Gasteiger partial charge >= 0.3 is 0 Å². The first-order valence-electron chi connectivity index (χ1n) is 5.15.